The van der Waals surface area contributed by atoms with Gasteiger partial charge in [-0.25, -0.2) is 0 Å². The number of aliphatic hydroxyl groups is 1. The van der Waals surface area contributed by atoms with Crippen LogP contribution in [0.1, 0.15) is 37.0 Å². The number of carbonyl (C=O) groups excluding carboxylic acids is 1. The molecule has 0 aromatic heterocycles. The monoisotopic (exact) mass is 266 g/mol. The standard InChI is InChI=1S/C14H22N2O3/c1-4-14(18,5-2)9-16-13(17)10-7-6-8-11(15)12(10)19-3/h6-8,18H,4-5,9,15H2,1-3H3,(H,16,17). The molecule has 1 aromatic rings. The molecule has 0 saturated heterocycles. The summed E-state index contributed by atoms with van der Waals surface area (Å²) in [5.74, 6) is 0.0565. The Morgan fingerprint density at radius 1 is 1.42 bits per heavy atom. The third kappa shape index (κ3) is 3.61. The molecule has 0 fully saturated rings. The lowest BCUT2D eigenvalue weighted by Gasteiger charge is -2.25. The highest BCUT2D eigenvalue weighted by molar-refractivity contribution is 5.98. The fourth-order valence-corrected chi connectivity index (χ4v) is 1.80. The van der Waals surface area contributed by atoms with Crippen LogP contribution in [0.5, 0.6) is 5.75 Å². The highest BCUT2D eigenvalue weighted by Gasteiger charge is 2.24. The van der Waals surface area contributed by atoms with Crippen molar-refractivity contribution in [1.29, 1.82) is 0 Å². The second-order valence-corrected chi connectivity index (χ2v) is 4.54. The van der Waals surface area contributed by atoms with E-state index in [0.717, 1.165) is 0 Å². The lowest BCUT2D eigenvalue weighted by atomic mass is 9.97. The molecular weight excluding hydrogens is 244 g/mol. The second kappa shape index (κ2) is 6.43. The van der Waals surface area contributed by atoms with E-state index in [9.17, 15) is 9.90 Å². The number of rotatable bonds is 6. The number of anilines is 1. The van der Waals surface area contributed by atoms with E-state index in [1.165, 1.54) is 7.11 Å². The number of nitrogen functional groups attached to an aromatic ring is 1. The maximum atomic E-state index is 12.1. The predicted octanol–water partition coefficient (Wildman–Crippen LogP) is 1.56. The van der Waals surface area contributed by atoms with Crippen molar-refractivity contribution in [2.24, 2.45) is 0 Å². The summed E-state index contributed by atoms with van der Waals surface area (Å²) in [6.07, 6.45) is 1.16. The zero-order valence-corrected chi connectivity index (χ0v) is 11.7. The van der Waals surface area contributed by atoms with E-state index in [-0.39, 0.29) is 12.5 Å². The summed E-state index contributed by atoms with van der Waals surface area (Å²) in [4.78, 5) is 12.1. The van der Waals surface area contributed by atoms with Gasteiger partial charge in [-0.2, -0.15) is 0 Å². The van der Waals surface area contributed by atoms with E-state index < -0.39 is 5.60 Å². The summed E-state index contributed by atoms with van der Waals surface area (Å²) in [6, 6.07) is 5.00. The van der Waals surface area contributed by atoms with Crippen molar-refractivity contribution in [1.82, 2.24) is 5.32 Å². The van der Waals surface area contributed by atoms with Crippen molar-refractivity contribution in [2.45, 2.75) is 32.3 Å². The Labute approximate surface area is 113 Å². The summed E-state index contributed by atoms with van der Waals surface area (Å²) in [5, 5.41) is 12.9. The van der Waals surface area contributed by atoms with Gasteiger partial charge in [-0.05, 0) is 25.0 Å². The third-order valence-corrected chi connectivity index (χ3v) is 3.39. The number of carbonyl (C=O) groups is 1. The van der Waals surface area contributed by atoms with E-state index in [1.807, 2.05) is 13.8 Å². The second-order valence-electron chi connectivity index (χ2n) is 4.54. The number of nitrogens with one attached hydrogen (secondary N) is 1. The Hall–Kier alpha value is -1.75. The van der Waals surface area contributed by atoms with Crippen LogP contribution >= 0.6 is 0 Å². The molecule has 5 nitrogen and oxygen atoms in total. The van der Waals surface area contributed by atoms with Crippen molar-refractivity contribution < 1.29 is 14.6 Å². The third-order valence-electron chi connectivity index (χ3n) is 3.39. The highest BCUT2D eigenvalue weighted by atomic mass is 16.5. The fraction of sp³-hybridized carbons (Fsp3) is 0.500. The molecule has 0 atom stereocenters. The maximum absolute atomic E-state index is 12.1. The SMILES string of the molecule is CCC(O)(CC)CNC(=O)c1cccc(N)c1OC. The van der Waals surface area contributed by atoms with E-state index in [2.05, 4.69) is 5.32 Å². The molecule has 0 heterocycles. The molecule has 1 aromatic carbocycles. The molecule has 0 radical (unpaired) electrons. The molecule has 4 N–H and O–H groups in total. The molecule has 0 spiro atoms. The van der Waals surface area contributed by atoms with Gasteiger partial charge in [-0.15, -0.1) is 0 Å². The molecule has 0 aliphatic carbocycles. The number of hydrogen-bond acceptors (Lipinski definition) is 4. The van der Waals surface area contributed by atoms with Crippen LogP contribution in [0.25, 0.3) is 0 Å². The summed E-state index contributed by atoms with van der Waals surface area (Å²) in [5.41, 5.74) is 5.66. The Bertz CT molecular complexity index is 442. The van der Waals surface area contributed by atoms with E-state index >= 15 is 0 Å². The molecule has 106 valence electrons. The smallest absolute Gasteiger partial charge is 0.255 e. The van der Waals surface area contributed by atoms with Crippen molar-refractivity contribution >= 4 is 11.6 Å². The first-order valence-corrected chi connectivity index (χ1v) is 6.40. The molecule has 0 aliphatic rings. The zero-order chi connectivity index (χ0) is 14.5. The van der Waals surface area contributed by atoms with Gasteiger partial charge in [0.05, 0.1) is 24.0 Å². The van der Waals surface area contributed by atoms with Gasteiger partial charge in [0.1, 0.15) is 0 Å². The number of methoxy groups -OCH3 is 1. The lowest BCUT2D eigenvalue weighted by molar-refractivity contribution is 0.0313. The first kappa shape index (κ1) is 15.3. The van der Waals surface area contributed by atoms with Crippen molar-refractivity contribution in [3.63, 3.8) is 0 Å². The van der Waals surface area contributed by atoms with Crippen molar-refractivity contribution in [2.75, 3.05) is 19.4 Å². The largest absolute Gasteiger partial charge is 0.494 e. The Kier molecular flexibility index (Phi) is 5.18. The molecule has 19 heavy (non-hydrogen) atoms. The molecular formula is C14H22N2O3. The molecule has 0 bridgehead atoms. The minimum atomic E-state index is -0.872. The van der Waals surface area contributed by atoms with Gasteiger partial charge in [0, 0.05) is 6.54 Å². The minimum Gasteiger partial charge on any atom is -0.494 e. The zero-order valence-electron chi connectivity index (χ0n) is 11.7. The quantitative estimate of drug-likeness (QED) is 0.682. The first-order chi connectivity index (χ1) is 8.97. The van der Waals surface area contributed by atoms with Gasteiger partial charge < -0.3 is 20.9 Å². The first-order valence-electron chi connectivity index (χ1n) is 6.40. The van der Waals surface area contributed by atoms with Gasteiger partial charge in [-0.1, -0.05) is 19.9 Å². The predicted molar refractivity (Wildman–Crippen MR) is 75.3 cm³/mol. The van der Waals surface area contributed by atoms with Crippen molar-refractivity contribution in [3.8, 4) is 5.75 Å². The van der Waals surface area contributed by atoms with Crippen molar-refractivity contribution in [3.05, 3.63) is 23.8 Å². The van der Waals surface area contributed by atoms with Crippen LogP contribution in [0.2, 0.25) is 0 Å². The van der Waals surface area contributed by atoms with Gasteiger partial charge >= 0.3 is 0 Å². The number of hydrogen-bond donors (Lipinski definition) is 3. The van der Waals surface area contributed by atoms with Crippen LogP contribution in [-0.2, 0) is 0 Å². The van der Waals surface area contributed by atoms with Gasteiger partial charge in [0.2, 0.25) is 0 Å². The Morgan fingerprint density at radius 3 is 2.58 bits per heavy atom. The van der Waals surface area contributed by atoms with Crippen LogP contribution in [0.4, 0.5) is 5.69 Å². The Balaban J connectivity index is 2.82. The molecule has 5 heteroatoms. The van der Waals surface area contributed by atoms with Crippen LogP contribution in [0, 0.1) is 0 Å². The van der Waals surface area contributed by atoms with Crippen LogP contribution in [0.3, 0.4) is 0 Å². The summed E-state index contributed by atoms with van der Waals surface area (Å²) in [7, 11) is 1.47. The van der Waals surface area contributed by atoms with E-state index in [1.54, 1.807) is 18.2 Å². The minimum absolute atomic E-state index is 0.205. The lowest BCUT2D eigenvalue weighted by Crippen LogP contribution is -2.42. The van der Waals surface area contributed by atoms with Gasteiger partial charge in [0.25, 0.3) is 5.91 Å². The average Bonchev–Trinajstić information content (AvgIpc) is 2.44. The summed E-state index contributed by atoms with van der Waals surface area (Å²) >= 11 is 0. The highest BCUT2D eigenvalue weighted by Crippen LogP contribution is 2.25. The number of ether oxygens (including phenoxy) is 1. The van der Waals surface area contributed by atoms with Gasteiger partial charge in [0.15, 0.2) is 5.75 Å². The van der Waals surface area contributed by atoms with Crippen LogP contribution in [0.15, 0.2) is 18.2 Å². The van der Waals surface area contributed by atoms with Crippen LogP contribution in [-0.4, -0.2) is 30.3 Å². The fourth-order valence-electron chi connectivity index (χ4n) is 1.80. The molecule has 1 rings (SSSR count). The average molecular weight is 266 g/mol. The van der Waals surface area contributed by atoms with Gasteiger partial charge in [-0.3, -0.25) is 4.79 Å². The maximum Gasteiger partial charge on any atom is 0.255 e. The van der Waals surface area contributed by atoms with Crippen LogP contribution < -0.4 is 15.8 Å². The summed E-state index contributed by atoms with van der Waals surface area (Å²) in [6.45, 7) is 3.98. The molecule has 0 aliphatic heterocycles. The van der Waals surface area contributed by atoms with E-state index in [0.29, 0.717) is 29.8 Å². The normalized spacial score (nSPS) is 11.2. The summed E-state index contributed by atoms with van der Waals surface area (Å²) < 4.78 is 5.13. The van der Waals surface area contributed by atoms with E-state index in [4.69, 9.17) is 10.5 Å². The molecule has 0 unspecified atom stereocenters. The number of amides is 1. The molecule has 0 saturated carbocycles. The number of para-hydroxylation sites is 1. The molecule has 1 amide bonds. The number of benzene rings is 1. The number of nitrogens with two attached hydrogens (primary N) is 1. The Morgan fingerprint density at radius 2 is 2.05 bits per heavy atom. The topological polar surface area (TPSA) is 84.6 Å².